The van der Waals surface area contributed by atoms with Gasteiger partial charge in [-0.05, 0) is 35.9 Å². The van der Waals surface area contributed by atoms with Gasteiger partial charge in [0.1, 0.15) is 6.61 Å². The Balaban J connectivity index is 1.88. The summed E-state index contributed by atoms with van der Waals surface area (Å²) in [4.78, 5) is 13.9. The summed E-state index contributed by atoms with van der Waals surface area (Å²) in [6.07, 6.45) is 3.52. The second-order valence-electron chi connectivity index (χ2n) is 5.07. The van der Waals surface area contributed by atoms with E-state index in [9.17, 15) is 4.79 Å². The summed E-state index contributed by atoms with van der Waals surface area (Å²) in [6, 6.07) is 13.3. The number of rotatable bonds is 5. The fourth-order valence-electron chi connectivity index (χ4n) is 2.30. The number of fused-ring (bicyclic) bond motifs is 1. The smallest absolute Gasteiger partial charge is 0.262 e. The summed E-state index contributed by atoms with van der Waals surface area (Å²) in [6.45, 7) is 4.04. The van der Waals surface area contributed by atoms with Crippen LogP contribution in [0.5, 0.6) is 11.5 Å². The molecule has 0 saturated carbocycles. The second-order valence-corrected chi connectivity index (χ2v) is 6.15. The minimum Gasteiger partial charge on any atom is -0.493 e. The van der Waals surface area contributed by atoms with Crippen molar-refractivity contribution in [2.75, 3.05) is 19.0 Å². The highest BCUT2D eigenvalue weighted by Gasteiger charge is 2.20. The van der Waals surface area contributed by atoms with E-state index in [0.29, 0.717) is 23.0 Å². The molecule has 0 radical (unpaired) electrons. The summed E-state index contributed by atoms with van der Waals surface area (Å²) in [7, 11) is 1.59. The van der Waals surface area contributed by atoms with E-state index in [4.69, 9.17) is 9.47 Å². The lowest BCUT2D eigenvalue weighted by atomic mass is 10.2. The molecular formula is C19H17NO3S. The summed E-state index contributed by atoms with van der Waals surface area (Å²) in [5, 5.41) is 2.90. The Labute approximate surface area is 145 Å². The van der Waals surface area contributed by atoms with Gasteiger partial charge in [-0.15, -0.1) is 0 Å². The summed E-state index contributed by atoms with van der Waals surface area (Å²) >= 11 is 1.46. The maximum atomic E-state index is 12.3. The van der Waals surface area contributed by atoms with E-state index in [1.807, 2.05) is 48.5 Å². The van der Waals surface area contributed by atoms with Gasteiger partial charge in [-0.25, -0.2) is 0 Å². The third-order valence-electron chi connectivity index (χ3n) is 3.42. The fraction of sp³-hybridized carbons (Fsp3) is 0.105. The SMILES string of the molecule is C=CCOc1ccc(/C=C2\Sc3ccccc3NC2=O)cc1OC. The van der Waals surface area contributed by atoms with Crippen molar-refractivity contribution in [3.8, 4) is 11.5 Å². The predicted molar refractivity (Wildman–Crippen MR) is 97.6 cm³/mol. The molecule has 1 amide bonds. The van der Waals surface area contributed by atoms with E-state index in [2.05, 4.69) is 11.9 Å². The monoisotopic (exact) mass is 339 g/mol. The van der Waals surface area contributed by atoms with Crippen LogP contribution in [0.15, 0.2) is 64.9 Å². The topological polar surface area (TPSA) is 47.6 Å². The molecule has 1 aliphatic rings. The highest BCUT2D eigenvalue weighted by Crippen LogP contribution is 2.39. The van der Waals surface area contributed by atoms with Crippen LogP contribution >= 0.6 is 11.8 Å². The number of carbonyl (C=O) groups is 1. The van der Waals surface area contributed by atoms with Crippen LogP contribution in [0, 0.1) is 0 Å². The van der Waals surface area contributed by atoms with Crippen LogP contribution in [-0.2, 0) is 4.79 Å². The van der Waals surface area contributed by atoms with Crippen LogP contribution in [0.25, 0.3) is 6.08 Å². The number of methoxy groups -OCH3 is 1. The highest BCUT2D eigenvalue weighted by molar-refractivity contribution is 8.04. The summed E-state index contributed by atoms with van der Waals surface area (Å²) in [5.41, 5.74) is 1.71. The average molecular weight is 339 g/mol. The molecule has 0 unspecified atom stereocenters. The third-order valence-corrected chi connectivity index (χ3v) is 4.52. The molecule has 1 aliphatic heterocycles. The van der Waals surface area contributed by atoms with E-state index in [0.717, 1.165) is 16.1 Å². The Morgan fingerprint density at radius 1 is 1.21 bits per heavy atom. The van der Waals surface area contributed by atoms with E-state index >= 15 is 0 Å². The van der Waals surface area contributed by atoms with Gasteiger partial charge in [0.2, 0.25) is 0 Å². The zero-order chi connectivity index (χ0) is 16.9. The standard InChI is InChI=1S/C19H17NO3S/c1-3-10-23-15-9-8-13(11-16(15)22-2)12-18-19(21)20-14-6-4-5-7-17(14)24-18/h3-9,11-12H,1,10H2,2H3,(H,20,21)/b18-12-. The number of carbonyl (C=O) groups excluding carboxylic acids is 1. The Hall–Kier alpha value is -2.66. The lowest BCUT2D eigenvalue weighted by Gasteiger charge is -2.18. The van der Waals surface area contributed by atoms with Gasteiger partial charge in [0.05, 0.1) is 17.7 Å². The third kappa shape index (κ3) is 3.46. The first-order valence-electron chi connectivity index (χ1n) is 7.43. The van der Waals surface area contributed by atoms with Crippen molar-refractivity contribution in [1.29, 1.82) is 0 Å². The predicted octanol–water partition coefficient (Wildman–Crippen LogP) is 4.35. The zero-order valence-corrected chi connectivity index (χ0v) is 14.1. The lowest BCUT2D eigenvalue weighted by molar-refractivity contribution is -0.112. The molecule has 3 rings (SSSR count). The number of hydrogen-bond acceptors (Lipinski definition) is 4. The van der Waals surface area contributed by atoms with Crippen LogP contribution in [0.3, 0.4) is 0 Å². The van der Waals surface area contributed by atoms with Crippen molar-refractivity contribution in [3.05, 3.63) is 65.6 Å². The lowest BCUT2D eigenvalue weighted by Crippen LogP contribution is -2.17. The van der Waals surface area contributed by atoms with Crippen LogP contribution in [0.1, 0.15) is 5.56 Å². The number of hydrogen-bond donors (Lipinski definition) is 1. The molecule has 0 saturated heterocycles. The quantitative estimate of drug-likeness (QED) is 0.650. The Morgan fingerprint density at radius 3 is 2.83 bits per heavy atom. The number of anilines is 1. The van der Waals surface area contributed by atoms with Gasteiger partial charge in [-0.2, -0.15) is 0 Å². The molecule has 2 aromatic carbocycles. The van der Waals surface area contributed by atoms with Gasteiger partial charge >= 0.3 is 0 Å². The van der Waals surface area contributed by atoms with E-state index in [-0.39, 0.29) is 5.91 Å². The van der Waals surface area contributed by atoms with Crippen molar-refractivity contribution >= 4 is 29.4 Å². The molecule has 4 nitrogen and oxygen atoms in total. The van der Waals surface area contributed by atoms with Gasteiger partial charge in [-0.3, -0.25) is 4.79 Å². The van der Waals surface area contributed by atoms with Gasteiger partial charge < -0.3 is 14.8 Å². The van der Waals surface area contributed by atoms with Crippen LogP contribution in [-0.4, -0.2) is 19.6 Å². The number of thioether (sulfide) groups is 1. The Kier molecular flexibility index (Phi) is 4.91. The van der Waals surface area contributed by atoms with Gasteiger partial charge in [0, 0.05) is 4.90 Å². The number of para-hydroxylation sites is 1. The molecule has 0 spiro atoms. The van der Waals surface area contributed by atoms with Crippen molar-refractivity contribution in [1.82, 2.24) is 0 Å². The molecule has 1 heterocycles. The summed E-state index contributed by atoms with van der Waals surface area (Å²) < 4.78 is 10.9. The number of nitrogens with one attached hydrogen (secondary N) is 1. The molecule has 0 atom stereocenters. The second kappa shape index (κ2) is 7.27. The first-order valence-corrected chi connectivity index (χ1v) is 8.24. The molecule has 24 heavy (non-hydrogen) atoms. The number of benzene rings is 2. The molecule has 2 aromatic rings. The van der Waals surface area contributed by atoms with Gasteiger partial charge in [0.15, 0.2) is 11.5 Å². The van der Waals surface area contributed by atoms with Crippen LogP contribution in [0.4, 0.5) is 5.69 Å². The van der Waals surface area contributed by atoms with E-state index < -0.39 is 0 Å². The zero-order valence-electron chi connectivity index (χ0n) is 13.2. The first kappa shape index (κ1) is 16.2. The highest BCUT2D eigenvalue weighted by atomic mass is 32.2. The summed E-state index contributed by atoms with van der Waals surface area (Å²) in [5.74, 6) is 1.16. The average Bonchev–Trinajstić information content (AvgIpc) is 2.61. The largest absolute Gasteiger partial charge is 0.493 e. The van der Waals surface area contributed by atoms with E-state index in [1.54, 1.807) is 13.2 Å². The fourth-order valence-corrected chi connectivity index (χ4v) is 3.25. The van der Waals surface area contributed by atoms with Crippen molar-refractivity contribution in [2.45, 2.75) is 4.90 Å². The van der Waals surface area contributed by atoms with Gasteiger partial charge in [-0.1, -0.05) is 42.6 Å². The molecule has 5 heteroatoms. The van der Waals surface area contributed by atoms with Crippen molar-refractivity contribution < 1.29 is 14.3 Å². The van der Waals surface area contributed by atoms with Crippen molar-refractivity contribution in [2.24, 2.45) is 0 Å². The minimum absolute atomic E-state index is 0.107. The first-order chi connectivity index (χ1) is 11.7. The Bertz CT molecular complexity index is 814. The van der Waals surface area contributed by atoms with Crippen LogP contribution < -0.4 is 14.8 Å². The van der Waals surface area contributed by atoms with Gasteiger partial charge in [0.25, 0.3) is 5.91 Å². The number of amides is 1. The molecule has 0 aliphatic carbocycles. The van der Waals surface area contributed by atoms with E-state index in [1.165, 1.54) is 11.8 Å². The molecular weight excluding hydrogens is 322 g/mol. The van der Waals surface area contributed by atoms with Crippen LogP contribution in [0.2, 0.25) is 0 Å². The molecule has 122 valence electrons. The minimum atomic E-state index is -0.107. The van der Waals surface area contributed by atoms with Crippen molar-refractivity contribution in [3.63, 3.8) is 0 Å². The molecule has 0 aromatic heterocycles. The molecule has 1 N–H and O–H groups in total. The maximum Gasteiger partial charge on any atom is 0.262 e. The Morgan fingerprint density at radius 2 is 2.04 bits per heavy atom. The molecule has 0 bridgehead atoms. The normalized spacial score (nSPS) is 14.7. The number of ether oxygens (including phenoxy) is 2. The molecule has 0 fully saturated rings. The maximum absolute atomic E-state index is 12.3.